The number of hydrogen-bond acceptors (Lipinski definition) is 3. The first-order valence-electron chi connectivity index (χ1n) is 7.31. The summed E-state index contributed by atoms with van der Waals surface area (Å²) in [7, 11) is -4.24. The van der Waals surface area contributed by atoms with Crippen molar-refractivity contribution in [3.8, 4) is 0 Å². The van der Waals surface area contributed by atoms with Crippen LogP contribution >= 0.6 is 0 Å². The van der Waals surface area contributed by atoms with E-state index < -0.39 is 10.1 Å². The second-order valence-corrected chi connectivity index (χ2v) is 6.49. The molecule has 0 aromatic heterocycles. The summed E-state index contributed by atoms with van der Waals surface area (Å²) in [6, 6.07) is 5.59. The van der Waals surface area contributed by atoms with Crippen LogP contribution in [0.5, 0.6) is 0 Å². The quantitative estimate of drug-likeness (QED) is 0.412. The normalized spacial score (nSPS) is 10.8. The molecule has 0 aliphatic heterocycles. The zero-order chi connectivity index (χ0) is 15.7. The summed E-state index contributed by atoms with van der Waals surface area (Å²) in [5.74, 6) is -0.141. The second-order valence-electron chi connectivity index (χ2n) is 5.07. The van der Waals surface area contributed by atoms with E-state index in [-0.39, 0.29) is 40.4 Å². The van der Waals surface area contributed by atoms with E-state index in [0.717, 1.165) is 19.3 Å². The Hall–Kier alpha value is -0.400. The third-order valence-corrected chi connectivity index (χ3v) is 4.02. The molecule has 2 N–H and O–H groups in total. The SMILES string of the molecule is CCCCCCCCC(=O)Nc1cccc(S(=O)(=O)O)c1.[NaH]. The van der Waals surface area contributed by atoms with E-state index in [1.54, 1.807) is 6.07 Å². The minimum absolute atomic E-state index is 0. The summed E-state index contributed by atoms with van der Waals surface area (Å²) in [5, 5.41) is 2.64. The van der Waals surface area contributed by atoms with Gasteiger partial charge in [0.25, 0.3) is 10.1 Å². The number of anilines is 1. The molecule has 0 spiro atoms. The molecule has 0 aliphatic rings. The number of benzene rings is 1. The molecular weight excluding hydrogens is 313 g/mol. The van der Waals surface area contributed by atoms with Gasteiger partial charge in [0.2, 0.25) is 5.91 Å². The van der Waals surface area contributed by atoms with Gasteiger partial charge in [-0.25, -0.2) is 0 Å². The average Bonchev–Trinajstić information content (AvgIpc) is 2.42. The van der Waals surface area contributed by atoms with E-state index >= 15 is 0 Å². The average molecular weight is 337 g/mol. The van der Waals surface area contributed by atoms with Gasteiger partial charge in [0.15, 0.2) is 0 Å². The zero-order valence-corrected chi connectivity index (χ0v) is 13.2. The Labute approximate surface area is 154 Å². The molecule has 120 valence electrons. The van der Waals surface area contributed by atoms with Gasteiger partial charge >= 0.3 is 29.6 Å². The van der Waals surface area contributed by atoms with Crippen molar-refractivity contribution in [2.45, 2.75) is 56.8 Å². The van der Waals surface area contributed by atoms with Gasteiger partial charge < -0.3 is 5.32 Å². The van der Waals surface area contributed by atoms with Crippen molar-refractivity contribution in [3.05, 3.63) is 24.3 Å². The van der Waals surface area contributed by atoms with Crippen molar-refractivity contribution in [1.82, 2.24) is 0 Å². The molecule has 22 heavy (non-hydrogen) atoms. The summed E-state index contributed by atoms with van der Waals surface area (Å²) < 4.78 is 31.0. The molecule has 0 radical (unpaired) electrons. The van der Waals surface area contributed by atoms with Crippen LogP contribution in [0.2, 0.25) is 0 Å². The molecule has 7 heteroatoms. The van der Waals surface area contributed by atoms with E-state index in [1.807, 2.05) is 0 Å². The Kier molecular flexibility index (Phi) is 11.0. The van der Waals surface area contributed by atoms with E-state index in [1.165, 1.54) is 37.5 Å². The third kappa shape index (κ3) is 8.90. The Bertz CT molecular complexity index is 560. The van der Waals surface area contributed by atoms with Crippen molar-refractivity contribution < 1.29 is 17.8 Å². The molecule has 0 unspecified atom stereocenters. The molecule has 5 nitrogen and oxygen atoms in total. The molecule has 0 saturated heterocycles. The van der Waals surface area contributed by atoms with E-state index in [4.69, 9.17) is 4.55 Å². The van der Waals surface area contributed by atoms with Gasteiger partial charge in [-0.15, -0.1) is 0 Å². The second kappa shape index (κ2) is 11.2. The first-order chi connectivity index (χ1) is 9.93. The fraction of sp³-hybridized carbons (Fsp3) is 0.533. The van der Waals surface area contributed by atoms with Crippen LogP contribution in [-0.4, -0.2) is 48.4 Å². The van der Waals surface area contributed by atoms with Gasteiger partial charge in [-0.2, -0.15) is 8.42 Å². The fourth-order valence-corrected chi connectivity index (χ4v) is 2.55. The maximum atomic E-state index is 11.7. The molecule has 0 heterocycles. The molecular formula is C15H24NNaO4S. The summed E-state index contributed by atoms with van der Waals surface area (Å²) >= 11 is 0. The van der Waals surface area contributed by atoms with Crippen LogP contribution in [0.1, 0.15) is 51.9 Å². The zero-order valence-electron chi connectivity index (χ0n) is 12.3. The van der Waals surface area contributed by atoms with Crippen LogP contribution in [0, 0.1) is 0 Å². The van der Waals surface area contributed by atoms with E-state index in [2.05, 4.69) is 12.2 Å². The van der Waals surface area contributed by atoms with Crippen molar-refractivity contribution in [2.75, 3.05) is 5.32 Å². The first-order valence-corrected chi connectivity index (χ1v) is 8.75. The molecule has 0 saturated carbocycles. The topological polar surface area (TPSA) is 83.5 Å². The summed E-state index contributed by atoms with van der Waals surface area (Å²) in [6.07, 6.45) is 7.04. The van der Waals surface area contributed by atoms with Gasteiger partial charge in [0.1, 0.15) is 0 Å². The van der Waals surface area contributed by atoms with Crippen molar-refractivity contribution in [1.29, 1.82) is 0 Å². The number of carbonyl (C=O) groups is 1. The monoisotopic (exact) mass is 337 g/mol. The van der Waals surface area contributed by atoms with E-state index in [9.17, 15) is 13.2 Å². The fourth-order valence-electron chi connectivity index (χ4n) is 2.02. The van der Waals surface area contributed by atoms with Crippen LogP contribution in [0.4, 0.5) is 5.69 Å². The number of hydrogen-bond donors (Lipinski definition) is 2. The Morgan fingerprint density at radius 1 is 1.14 bits per heavy atom. The molecule has 0 fully saturated rings. The molecule has 0 atom stereocenters. The van der Waals surface area contributed by atoms with Crippen LogP contribution in [-0.2, 0) is 14.9 Å². The number of nitrogens with one attached hydrogen (secondary N) is 1. The summed E-state index contributed by atoms with van der Waals surface area (Å²) in [4.78, 5) is 11.5. The van der Waals surface area contributed by atoms with Gasteiger partial charge in [-0.1, -0.05) is 45.1 Å². The molecule has 0 bridgehead atoms. The number of amides is 1. The Morgan fingerprint density at radius 2 is 1.77 bits per heavy atom. The first kappa shape index (κ1) is 21.6. The third-order valence-electron chi connectivity index (χ3n) is 3.17. The Morgan fingerprint density at radius 3 is 2.41 bits per heavy atom. The summed E-state index contributed by atoms with van der Waals surface area (Å²) in [5.41, 5.74) is 0.376. The van der Waals surface area contributed by atoms with Crippen LogP contribution < -0.4 is 5.32 Å². The number of unbranched alkanes of at least 4 members (excludes halogenated alkanes) is 5. The predicted molar refractivity (Wildman–Crippen MR) is 90.0 cm³/mol. The molecule has 0 aliphatic carbocycles. The number of carbonyl (C=O) groups excluding carboxylic acids is 1. The predicted octanol–water partition coefficient (Wildman–Crippen LogP) is 2.97. The number of rotatable bonds is 9. The molecule has 1 amide bonds. The van der Waals surface area contributed by atoms with Crippen LogP contribution in [0.25, 0.3) is 0 Å². The maximum absolute atomic E-state index is 11.7. The van der Waals surface area contributed by atoms with Crippen LogP contribution in [0.3, 0.4) is 0 Å². The van der Waals surface area contributed by atoms with Gasteiger partial charge in [0, 0.05) is 12.1 Å². The minimum atomic E-state index is -4.24. The molecule has 1 rings (SSSR count). The summed E-state index contributed by atoms with van der Waals surface area (Å²) in [6.45, 7) is 2.16. The van der Waals surface area contributed by atoms with Gasteiger partial charge in [0.05, 0.1) is 4.90 Å². The molecule has 1 aromatic rings. The van der Waals surface area contributed by atoms with Crippen molar-refractivity contribution in [2.24, 2.45) is 0 Å². The van der Waals surface area contributed by atoms with Crippen molar-refractivity contribution >= 4 is 51.3 Å². The Balaban J connectivity index is 0.00000441. The van der Waals surface area contributed by atoms with Crippen molar-refractivity contribution in [3.63, 3.8) is 0 Å². The van der Waals surface area contributed by atoms with Gasteiger partial charge in [-0.05, 0) is 24.6 Å². The molecule has 1 aromatic carbocycles. The van der Waals surface area contributed by atoms with E-state index in [0.29, 0.717) is 12.1 Å². The van der Waals surface area contributed by atoms with Crippen LogP contribution in [0.15, 0.2) is 29.2 Å². The standard InChI is InChI=1S/C15H23NO4S.Na.H/c1-2-3-4-5-6-7-11-15(17)16-13-9-8-10-14(12-13)21(18,19)20;;/h8-10,12H,2-7,11H2,1H3,(H,16,17)(H,18,19,20);;. The van der Waals surface area contributed by atoms with Gasteiger partial charge in [-0.3, -0.25) is 9.35 Å².